The van der Waals surface area contributed by atoms with E-state index in [1.54, 1.807) is 0 Å². The maximum Gasteiger partial charge on any atom is 0.0537 e. The molecule has 0 spiro atoms. The van der Waals surface area contributed by atoms with Crippen LogP contribution < -0.4 is 5.32 Å². The standard InChI is InChI=1S/C18H27N3/c1-5-14(3)17(15-10-8-7-9-11-15)18(19-6-2)16-12-20-21(4)13-16/h7-14,17-19H,5-6H2,1-4H3. The van der Waals surface area contributed by atoms with Crippen molar-refractivity contribution in [1.29, 1.82) is 0 Å². The highest BCUT2D eigenvalue weighted by atomic mass is 15.2. The maximum atomic E-state index is 4.36. The Balaban J connectivity index is 2.40. The summed E-state index contributed by atoms with van der Waals surface area (Å²) < 4.78 is 1.89. The molecule has 0 radical (unpaired) electrons. The summed E-state index contributed by atoms with van der Waals surface area (Å²) in [6, 6.07) is 11.2. The van der Waals surface area contributed by atoms with Crippen LogP contribution >= 0.6 is 0 Å². The summed E-state index contributed by atoms with van der Waals surface area (Å²) in [4.78, 5) is 0. The summed E-state index contributed by atoms with van der Waals surface area (Å²) in [6.07, 6.45) is 5.29. The van der Waals surface area contributed by atoms with Gasteiger partial charge in [-0.05, 0) is 18.0 Å². The van der Waals surface area contributed by atoms with E-state index in [1.807, 2.05) is 17.9 Å². The zero-order valence-electron chi connectivity index (χ0n) is 13.6. The summed E-state index contributed by atoms with van der Waals surface area (Å²) in [5, 5.41) is 8.03. The molecule has 0 bridgehead atoms. The maximum absolute atomic E-state index is 4.36. The van der Waals surface area contributed by atoms with Gasteiger partial charge in [-0.15, -0.1) is 0 Å². The van der Waals surface area contributed by atoms with Crippen molar-refractivity contribution in [3.05, 3.63) is 53.9 Å². The van der Waals surface area contributed by atoms with Crippen molar-refractivity contribution in [1.82, 2.24) is 15.1 Å². The van der Waals surface area contributed by atoms with E-state index in [0.29, 0.717) is 17.9 Å². The van der Waals surface area contributed by atoms with E-state index in [1.165, 1.54) is 17.5 Å². The lowest BCUT2D eigenvalue weighted by atomic mass is 9.78. The van der Waals surface area contributed by atoms with E-state index < -0.39 is 0 Å². The normalized spacial score (nSPS) is 15.6. The third-order valence-electron chi connectivity index (χ3n) is 4.31. The minimum atomic E-state index is 0.307. The Hall–Kier alpha value is -1.61. The fourth-order valence-corrected chi connectivity index (χ4v) is 3.05. The van der Waals surface area contributed by atoms with Gasteiger partial charge in [-0.1, -0.05) is 57.5 Å². The number of benzene rings is 1. The van der Waals surface area contributed by atoms with Crippen LogP contribution in [0, 0.1) is 5.92 Å². The van der Waals surface area contributed by atoms with Crippen molar-refractivity contribution < 1.29 is 0 Å². The molecule has 2 aromatic rings. The zero-order chi connectivity index (χ0) is 15.2. The molecule has 3 unspecified atom stereocenters. The van der Waals surface area contributed by atoms with Crippen LogP contribution in [0.3, 0.4) is 0 Å². The number of aromatic nitrogens is 2. The molecule has 0 fully saturated rings. The molecule has 0 saturated heterocycles. The molecule has 114 valence electrons. The van der Waals surface area contributed by atoms with Crippen LogP contribution in [0.1, 0.15) is 50.3 Å². The summed E-state index contributed by atoms with van der Waals surface area (Å²) in [7, 11) is 1.98. The van der Waals surface area contributed by atoms with E-state index in [-0.39, 0.29) is 0 Å². The van der Waals surface area contributed by atoms with Gasteiger partial charge in [0.05, 0.1) is 6.20 Å². The van der Waals surface area contributed by atoms with Gasteiger partial charge in [-0.2, -0.15) is 5.10 Å². The SMILES string of the molecule is CCNC(c1cnn(C)c1)C(c1ccccc1)C(C)CC. The highest BCUT2D eigenvalue weighted by Gasteiger charge is 2.29. The zero-order valence-corrected chi connectivity index (χ0v) is 13.6. The van der Waals surface area contributed by atoms with E-state index in [9.17, 15) is 0 Å². The lowest BCUT2D eigenvalue weighted by Gasteiger charge is -2.32. The van der Waals surface area contributed by atoms with E-state index >= 15 is 0 Å². The number of likely N-dealkylation sites (N-methyl/N-ethyl adjacent to an activating group) is 1. The molecule has 0 aliphatic heterocycles. The average molecular weight is 285 g/mol. The highest BCUT2D eigenvalue weighted by Crippen LogP contribution is 2.38. The number of aryl methyl sites for hydroxylation is 1. The lowest BCUT2D eigenvalue weighted by Crippen LogP contribution is -2.30. The van der Waals surface area contributed by atoms with Crippen LogP contribution in [0.25, 0.3) is 0 Å². The Bertz CT molecular complexity index is 532. The fourth-order valence-electron chi connectivity index (χ4n) is 3.05. The van der Waals surface area contributed by atoms with Gasteiger partial charge in [0.2, 0.25) is 0 Å². The topological polar surface area (TPSA) is 29.9 Å². The van der Waals surface area contributed by atoms with E-state index in [2.05, 4.69) is 67.7 Å². The van der Waals surface area contributed by atoms with Crippen molar-refractivity contribution in [2.75, 3.05) is 6.54 Å². The average Bonchev–Trinajstić information content (AvgIpc) is 2.94. The first-order valence-electron chi connectivity index (χ1n) is 7.94. The van der Waals surface area contributed by atoms with Crippen LogP contribution in [0.2, 0.25) is 0 Å². The van der Waals surface area contributed by atoms with Crippen molar-refractivity contribution in [3.8, 4) is 0 Å². The molecule has 1 aromatic carbocycles. The molecule has 3 heteroatoms. The second-order valence-corrected chi connectivity index (χ2v) is 5.80. The van der Waals surface area contributed by atoms with Crippen LogP contribution in [-0.4, -0.2) is 16.3 Å². The Labute approximate surface area is 128 Å². The third-order valence-corrected chi connectivity index (χ3v) is 4.31. The second-order valence-electron chi connectivity index (χ2n) is 5.80. The van der Waals surface area contributed by atoms with Crippen LogP contribution in [0.4, 0.5) is 0 Å². The minimum absolute atomic E-state index is 0.307. The highest BCUT2D eigenvalue weighted by molar-refractivity contribution is 5.26. The van der Waals surface area contributed by atoms with E-state index in [0.717, 1.165) is 6.54 Å². The molecule has 1 N–H and O–H groups in total. The first kappa shape index (κ1) is 15.8. The molecule has 0 aliphatic carbocycles. The minimum Gasteiger partial charge on any atom is -0.310 e. The summed E-state index contributed by atoms with van der Waals surface area (Å²) in [5.74, 6) is 1.07. The van der Waals surface area contributed by atoms with Crippen LogP contribution in [0.5, 0.6) is 0 Å². The van der Waals surface area contributed by atoms with Crippen LogP contribution in [-0.2, 0) is 7.05 Å². The Morgan fingerprint density at radius 2 is 1.86 bits per heavy atom. The van der Waals surface area contributed by atoms with Crippen molar-refractivity contribution in [2.24, 2.45) is 13.0 Å². The summed E-state index contributed by atoms with van der Waals surface area (Å²) >= 11 is 0. The van der Waals surface area contributed by atoms with Crippen molar-refractivity contribution >= 4 is 0 Å². The molecule has 1 heterocycles. The molecule has 2 rings (SSSR count). The summed E-state index contributed by atoms with van der Waals surface area (Å²) in [6.45, 7) is 7.74. The largest absolute Gasteiger partial charge is 0.310 e. The molecule has 0 aliphatic rings. The van der Waals surface area contributed by atoms with Gasteiger partial charge in [0.25, 0.3) is 0 Å². The van der Waals surface area contributed by atoms with Crippen molar-refractivity contribution in [3.63, 3.8) is 0 Å². The molecule has 3 nitrogen and oxygen atoms in total. The fraction of sp³-hybridized carbons (Fsp3) is 0.500. The number of hydrogen-bond donors (Lipinski definition) is 1. The molecule has 0 amide bonds. The summed E-state index contributed by atoms with van der Waals surface area (Å²) in [5.41, 5.74) is 2.68. The first-order chi connectivity index (χ1) is 10.2. The Morgan fingerprint density at radius 3 is 2.38 bits per heavy atom. The predicted octanol–water partition coefficient (Wildman–Crippen LogP) is 3.90. The van der Waals surface area contributed by atoms with E-state index in [4.69, 9.17) is 0 Å². The molecular formula is C18H27N3. The smallest absolute Gasteiger partial charge is 0.0537 e. The van der Waals surface area contributed by atoms with Crippen molar-refractivity contribution in [2.45, 2.75) is 39.2 Å². The van der Waals surface area contributed by atoms with Gasteiger partial charge in [0.15, 0.2) is 0 Å². The van der Waals surface area contributed by atoms with Gasteiger partial charge in [-0.3, -0.25) is 4.68 Å². The van der Waals surface area contributed by atoms with Gasteiger partial charge < -0.3 is 5.32 Å². The van der Waals surface area contributed by atoms with Crippen LogP contribution in [0.15, 0.2) is 42.7 Å². The van der Waals surface area contributed by atoms with Gasteiger partial charge in [0, 0.05) is 30.8 Å². The molecule has 1 aromatic heterocycles. The molecule has 3 atom stereocenters. The van der Waals surface area contributed by atoms with Gasteiger partial charge in [-0.25, -0.2) is 0 Å². The number of nitrogens with zero attached hydrogens (tertiary/aromatic N) is 2. The van der Waals surface area contributed by atoms with Gasteiger partial charge >= 0.3 is 0 Å². The molecular weight excluding hydrogens is 258 g/mol. The van der Waals surface area contributed by atoms with Gasteiger partial charge in [0.1, 0.15) is 0 Å². The quantitative estimate of drug-likeness (QED) is 0.836. The Morgan fingerprint density at radius 1 is 1.14 bits per heavy atom. The monoisotopic (exact) mass is 285 g/mol. The number of nitrogens with one attached hydrogen (secondary N) is 1. The lowest BCUT2D eigenvalue weighted by molar-refractivity contribution is 0.344. The second kappa shape index (κ2) is 7.41. The third kappa shape index (κ3) is 3.73. The first-order valence-corrected chi connectivity index (χ1v) is 7.94. The number of rotatable bonds is 7. The molecule has 21 heavy (non-hydrogen) atoms. The Kier molecular flexibility index (Phi) is 5.57. The number of hydrogen-bond acceptors (Lipinski definition) is 2. The predicted molar refractivity (Wildman–Crippen MR) is 88.3 cm³/mol. The molecule has 0 saturated carbocycles.